The molecule has 21 heavy (non-hydrogen) atoms. The minimum absolute atomic E-state index is 0.179. The van der Waals surface area contributed by atoms with Crippen LogP contribution in [-0.2, 0) is 17.6 Å². The highest BCUT2D eigenvalue weighted by atomic mass is 19.1. The molecule has 0 heterocycles. The van der Waals surface area contributed by atoms with Gasteiger partial charge in [0.25, 0.3) is 0 Å². The van der Waals surface area contributed by atoms with Crippen LogP contribution in [0.15, 0.2) is 36.4 Å². The van der Waals surface area contributed by atoms with E-state index in [0.29, 0.717) is 17.9 Å². The lowest BCUT2D eigenvalue weighted by Crippen LogP contribution is -2.16. The van der Waals surface area contributed by atoms with E-state index in [2.05, 4.69) is 18.2 Å². The number of carbonyl (C=O) groups is 1. The molecule has 0 aliphatic heterocycles. The summed E-state index contributed by atoms with van der Waals surface area (Å²) in [7, 11) is 0. The summed E-state index contributed by atoms with van der Waals surface area (Å²) in [5.74, 6) is -0.0914. The Kier molecular flexibility index (Phi) is 3.50. The third kappa shape index (κ3) is 2.82. The predicted octanol–water partition coefficient (Wildman–Crippen LogP) is 3.39. The molecule has 1 atom stereocenters. The van der Waals surface area contributed by atoms with E-state index in [1.165, 1.54) is 17.2 Å². The number of primary amides is 1. The van der Waals surface area contributed by atoms with Crippen LogP contribution in [0.2, 0.25) is 0 Å². The molecule has 1 unspecified atom stereocenters. The minimum Gasteiger partial charge on any atom is -0.370 e. The van der Waals surface area contributed by atoms with Crippen molar-refractivity contribution in [3.05, 3.63) is 58.9 Å². The molecular weight excluding hydrogens is 265 g/mol. The van der Waals surface area contributed by atoms with E-state index in [9.17, 15) is 9.18 Å². The molecule has 2 aromatic rings. The maximum atomic E-state index is 13.4. The van der Waals surface area contributed by atoms with Crippen LogP contribution in [0, 0.1) is 18.7 Å². The normalized spacial score (nSPS) is 16.8. The van der Waals surface area contributed by atoms with Gasteiger partial charge >= 0.3 is 0 Å². The van der Waals surface area contributed by atoms with Gasteiger partial charge in [-0.1, -0.05) is 24.3 Å². The topological polar surface area (TPSA) is 43.1 Å². The lowest BCUT2D eigenvalue weighted by atomic mass is 9.99. The summed E-state index contributed by atoms with van der Waals surface area (Å²) in [6, 6.07) is 11.5. The predicted molar refractivity (Wildman–Crippen MR) is 81.3 cm³/mol. The third-order valence-corrected chi connectivity index (χ3v) is 4.20. The molecule has 108 valence electrons. The Balaban J connectivity index is 1.88. The van der Waals surface area contributed by atoms with E-state index in [0.717, 1.165) is 24.0 Å². The Labute approximate surface area is 123 Å². The van der Waals surface area contributed by atoms with Crippen LogP contribution in [0.25, 0.3) is 11.1 Å². The number of amides is 1. The number of fused-ring (bicyclic) bond motifs is 1. The van der Waals surface area contributed by atoms with Crippen LogP contribution in [0.1, 0.15) is 23.1 Å². The molecule has 2 nitrogen and oxygen atoms in total. The highest BCUT2D eigenvalue weighted by Gasteiger charge is 2.23. The second-order valence-electron chi connectivity index (χ2n) is 5.89. The summed E-state index contributed by atoms with van der Waals surface area (Å²) in [6.45, 7) is 1.77. The Morgan fingerprint density at radius 2 is 1.81 bits per heavy atom. The number of rotatable bonds is 3. The summed E-state index contributed by atoms with van der Waals surface area (Å²) < 4.78 is 13.4. The van der Waals surface area contributed by atoms with E-state index in [1.54, 1.807) is 13.0 Å². The standard InChI is InChI=1S/C18H18FNO/c1-11-6-13(4-5-17(11)19)15-3-2-14-7-12(9-18(20)21)8-16(14)10-15/h2-6,10,12H,7-9H2,1H3,(H2,20,21). The third-order valence-electron chi connectivity index (χ3n) is 4.20. The van der Waals surface area contributed by atoms with Crippen molar-refractivity contribution in [3.8, 4) is 11.1 Å². The van der Waals surface area contributed by atoms with Gasteiger partial charge in [0.1, 0.15) is 5.82 Å². The van der Waals surface area contributed by atoms with E-state index < -0.39 is 0 Å². The smallest absolute Gasteiger partial charge is 0.217 e. The fourth-order valence-corrected chi connectivity index (χ4v) is 3.14. The molecule has 0 radical (unpaired) electrons. The molecule has 0 aromatic heterocycles. The molecule has 0 spiro atoms. The van der Waals surface area contributed by atoms with Crippen LogP contribution in [-0.4, -0.2) is 5.91 Å². The van der Waals surface area contributed by atoms with Crippen molar-refractivity contribution in [2.24, 2.45) is 11.7 Å². The second kappa shape index (κ2) is 5.32. The second-order valence-corrected chi connectivity index (χ2v) is 5.89. The van der Waals surface area contributed by atoms with Gasteiger partial charge in [-0.15, -0.1) is 0 Å². The Hall–Kier alpha value is -2.16. The first kappa shape index (κ1) is 13.8. The molecule has 0 fully saturated rings. The number of hydrogen-bond donors (Lipinski definition) is 1. The van der Waals surface area contributed by atoms with Crippen LogP contribution in [0.5, 0.6) is 0 Å². The number of hydrogen-bond acceptors (Lipinski definition) is 1. The van der Waals surface area contributed by atoms with Gasteiger partial charge in [0, 0.05) is 6.42 Å². The summed E-state index contributed by atoms with van der Waals surface area (Å²) in [6.07, 6.45) is 2.26. The molecule has 2 N–H and O–H groups in total. The van der Waals surface area contributed by atoms with Crippen molar-refractivity contribution in [3.63, 3.8) is 0 Å². The van der Waals surface area contributed by atoms with Gasteiger partial charge in [-0.3, -0.25) is 4.79 Å². The zero-order valence-electron chi connectivity index (χ0n) is 12.0. The lowest BCUT2D eigenvalue weighted by Gasteiger charge is -2.07. The van der Waals surface area contributed by atoms with E-state index in [-0.39, 0.29) is 11.7 Å². The van der Waals surface area contributed by atoms with Crippen molar-refractivity contribution in [1.29, 1.82) is 0 Å². The molecule has 1 aliphatic rings. The zero-order chi connectivity index (χ0) is 15.0. The van der Waals surface area contributed by atoms with Crippen molar-refractivity contribution in [2.45, 2.75) is 26.2 Å². The monoisotopic (exact) mass is 283 g/mol. The molecule has 0 saturated heterocycles. The Morgan fingerprint density at radius 1 is 1.14 bits per heavy atom. The van der Waals surface area contributed by atoms with E-state index in [1.807, 2.05) is 6.07 Å². The largest absolute Gasteiger partial charge is 0.370 e. The van der Waals surface area contributed by atoms with Gasteiger partial charge in [-0.05, 0) is 65.6 Å². The van der Waals surface area contributed by atoms with Crippen LogP contribution in [0.3, 0.4) is 0 Å². The highest BCUT2D eigenvalue weighted by Crippen LogP contribution is 2.32. The average Bonchev–Trinajstić information content (AvgIpc) is 2.82. The lowest BCUT2D eigenvalue weighted by molar-refractivity contribution is -0.118. The Bertz CT molecular complexity index is 708. The number of carbonyl (C=O) groups excluding carboxylic acids is 1. The van der Waals surface area contributed by atoms with Crippen molar-refractivity contribution >= 4 is 5.91 Å². The Morgan fingerprint density at radius 3 is 2.52 bits per heavy atom. The molecule has 1 aliphatic carbocycles. The number of halogens is 1. The van der Waals surface area contributed by atoms with Gasteiger partial charge in [0.05, 0.1) is 0 Å². The maximum Gasteiger partial charge on any atom is 0.217 e. The maximum absolute atomic E-state index is 13.4. The van der Waals surface area contributed by atoms with Gasteiger partial charge in [0.2, 0.25) is 5.91 Å². The van der Waals surface area contributed by atoms with Gasteiger partial charge in [0.15, 0.2) is 0 Å². The summed E-state index contributed by atoms with van der Waals surface area (Å²) in [5.41, 5.74) is 10.6. The fourth-order valence-electron chi connectivity index (χ4n) is 3.14. The van der Waals surface area contributed by atoms with Crippen LogP contribution in [0.4, 0.5) is 4.39 Å². The van der Waals surface area contributed by atoms with Gasteiger partial charge in [-0.2, -0.15) is 0 Å². The van der Waals surface area contributed by atoms with E-state index >= 15 is 0 Å². The van der Waals surface area contributed by atoms with E-state index in [4.69, 9.17) is 5.73 Å². The molecule has 0 saturated carbocycles. The summed E-state index contributed by atoms with van der Waals surface area (Å²) >= 11 is 0. The average molecular weight is 283 g/mol. The first-order valence-electron chi connectivity index (χ1n) is 7.19. The van der Waals surface area contributed by atoms with Crippen LogP contribution < -0.4 is 5.73 Å². The van der Waals surface area contributed by atoms with Gasteiger partial charge < -0.3 is 5.73 Å². The minimum atomic E-state index is -0.234. The number of nitrogens with two attached hydrogens (primary N) is 1. The molecular formula is C18H18FNO. The molecule has 3 heteroatoms. The number of benzene rings is 2. The quantitative estimate of drug-likeness (QED) is 0.922. The zero-order valence-corrected chi connectivity index (χ0v) is 12.0. The fraction of sp³-hybridized carbons (Fsp3) is 0.278. The number of aryl methyl sites for hydroxylation is 1. The summed E-state index contributed by atoms with van der Waals surface area (Å²) in [4.78, 5) is 11.1. The van der Waals surface area contributed by atoms with Crippen molar-refractivity contribution in [1.82, 2.24) is 0 Å². The first-order chi connectivity index (χ1) is 10.0. The van der Waals surface area contributed by atoms with Crippen molar-refractivity contribution in [2.75, 3.05) is 0 Å². The van der Waals surface area contributed by atoms with Crippen molar-refractivity contribution < 1.29 is 9.18 Å². The SMILES string of the molecule is Cc1cc(-c2ccc3c(c2)CC(CC(N)=O)C3)ccc1F. The van der Waals surface area contributed by atoms with Gasteiger partial charge in [-0.25, -0.2) is 4.39 Å². The molecule has 0 bridgehead atoms. The first-order valence-corrected chi connectivity index (χ1v) is 7.19. The van der Waals surface area contributed by atoms with Crippen LogP contribution >= 0.6 is 0 Å². The molecule has 2 aromatic carbocycles. The molecule has 3 rings (SSSR count). The highest BCUT2D eigenvalue weighted by molar-refractivity contribution is 5.74. The summed E-state index contributed by atoms with van der Waals surface area (Å²) in [5, 5.41) is 0. The molecule has 1 amide bonds.